The van der Waals surface area contributed by atoms with Crippen LogP contribution in [0.15, 0.2) is 96.3 Å². The first-order chi connectivity index (χ1) is 17.4. The van der Waals surface area contributed by atoms with E-state index >= 15 is 0 Å². The number of ether oxygens (including phenoxy) is 1. The van der Waals surface area contributed by atoms with Gasteiger partial charge in [0.1, 0.15) is 12.4 Å². The van der Waals surface area contributed by atoms with E-state index in [1.807, 2.05) is 79.7 Å². The molecule has 0 fully saturated rings. The molecule has 0 radical (unpaired) electrons. The first kappa shape index (κ1) is 23.5. The van der Waals surface area contributed by atoms with E-state index in [1.165, 1.54) is 16.2 Å². The van der Waals surface area contributed by atoms with E-state index in [0.29, 0.717) is 34.2 Å². The lowest BCUT2D eigenvalue weighted by atomic mass is 9.94. The number of anilines is 1. The van der Waals surface area contributed by atoms with E-state index in [1.54, 1.807) is 19.1 Å². The average molecular weight is 497 g/mol. The lowest BCUT2D eigenvalue weighted by molar-refractivity contribution is -0.117. The quantitative estimate of drug-likeness (QED) is 0.312. The molecule has 180 valence electrons. The molecule has 0 saturated carbocycles. The number of hydrogen-bond donors (Lipinski definition) is 1. The second-order valence-corrected chi connectivity index (χ2v) is 9.70. The number of thiazole rings is 1. The smallest absolute Gasteiger partial charge is 0.294 e. The number of Topliss-reactive ketones (excluding diaryl/α,β-unsaturated/α-hetero) is 1. The van der Waals surface area contributed by atoms with E-state index < -0.39 is 23.5 Å². The molecule has 6 nitrogen and oxygen atoms in total. The molecule has 1 unspecified atom stereocenters. The summed E-state index contributed by atoms with van der Waals surface area (Å²) in [5.41, 5.74) is 2.87. The predicted octanol–water partition coefficient (Wildman–Crippen LogP) is 6.12. The highest BCUT2D eigenvalue weighted by Crippen LogP contribution is 2.43. The minimum atomic E-state index is -0.825. The predicted molar refractivity (Wildman–Crippen MR) is 139 cm³/mol. The summed E-state index contributed by atoms with van der Waals surface area (Å²) < 4.78 is 6.01. The van der Waals surface area contributed by atoms with E-state index in [0.717, 1.165) is 10.6 Å². The van der Waals surface area contributed by atoms with E-state index in [2.05, 4.69) is 4.98 Å². The van der Waals surface area contributed by atoms with Gasteiger partial charge in [0.2, 0.25) is 5.78 Å². The first-order valence-corrected chi connectivity index (χ1v) is 12.3. The Morgan fingerprint density at radius 3 is 2.36 bits per heavy atom. The van der Waals surface area contributed by atoms with Crippen molar-refractivity contribution < 1.29 is 19.4 Å². The Morgan fingerprint density at radius 1 is 1.00 bits per heavy atom. The summed E-state index contributed by atoms with van der Waals surface area (Å²) in [5.74, 6) is -0.971. The number of benzene rings is 3. The zero-order chi connectivity index (χ0) is 25.2. The number of amides is 1. The molecule has 4 aromatic rings. The maximum absolute atomic E-state index is 13.7. The van der Waals surface area contributed by atoms with Crippen molar-refractivity contribution in [2.45, 2.75) is 26.5 Å². The van der Waals surface area contributed by atoms with Crippen LogP contribution in [0.2, 0.25) is 0 Å². The Bertz CT molecular complexity index is 1460. The zero-order valence-corrected chi connectivity index (χ0v) is 20.7. The molecule has 1 aromatic heterocycles. The number of aliphatic hydroxyl groups is 1. The highest BCUT2D eigenvalue weighted by molar-refractivity contribution is 7.14. The molecule has 36 heavy (non-hydrogen) atoms. The Hall–Kier alpha value is -4.23. The first-order valence-electron chi connectivity index (χ1n) is 11.5. The van der Waals surface area contributed by atoms with Gasteiger partial charge >= 0.3 is 0 Å². The van der Waals surface area contributed by atoms with Crippen LogP contribution in [0, 0.1) is 13.8 Å². The van der Waals surface area contributed by atoms with Crippen molar-refractivity contribution in [2.75, 3.05) is 4.90 Å². The molecule has 0 saturated heterocycles. The minimum Gasteiger partial charge on any atom is -0.503 e. The van der Waals surface area contributed by atoms with Gasteiger partial charge < -0.3 is 9.84 Å². The van der Waals surface area contributed by atoms with Crippen LogP contribution in [0.4, 0.5) is 5.69 Å². The fraction of sp³-hybridized carbons (Fsp3) is 0.138. The van der Waals surface area contributed by atoms with Crippen LogP contribution in [-0.4, -0.2) is 21.8 Å². The van der Waals surface area contributed by atoms with Crippen molar-refractivity contribution in [3.8, 4) is 5.75 Å². The van der Waals surface area contributed by atoms with Gasteiger partial charge in [0.05, 0.1) is 27.2 Å². The molecule has 0 bridgehead atoms. The van der Waals surface area contributed by atoms with Crippen LogP contribution < -0.4 is 9.64 Å². The number of rotatable bonds is 7. The molecular formula is C29H24N2O4S. The van der Waals surface area contributed by atoms with Crippen LogP contribution in [0.5, 0.6) is 5.75 Å². The molecule has 1 amide bonds. The number of aromatic nitrogens is 1. The summed E-state index contributed by atoms with van der Waals surface area (Å²) in [5, 5.41) is 11.7. The van der Waals surface area contributed by atoms with Gasteiger partial charge in [-0.05, 0) is 49.2 Å². The van der Waals surface area contributed by atoms with Gasteiger partial charge in [0.15, 0.2) is 5.76 Å². The molecule has 0 aliphatic carbocycles. The highest BCUT2D eigenvalue weighted by Gasteiger charge is 2.45. The summed E-state index contributed by atoms with van der Waals surface area (Å²) in [7, 11) is 0. The normalized spacial score (nSPS) is 15.4. The number of aliphatic hydroxyl groups excluding tert-OH is 1. The van der Waals surface area contributed by atoms with Crippen LogP contribution >= 0.6 is 11.3 Å². The van der Waals surface area contributed by atoms with E-state index in [9.17, 15) is 14.7 Å². The summed E-state index contributed by atoms with van der Waals surface area (Å²) in [4.78, 5) is 33.3. The monoisotopic (exact) mass is 496 g/mol. The number of hydrogen-bond acceptors (Lipinski definition) is 6. The number of carbonyl (C=O) groups is 2. The maximum atomic E-state index is 13.7. The topological polar surface area (TPSA) is 79.7 Å². The summed E-state index contributed by atoms with van der Waals surface area (Å²) in [6.07, 6.45) is 0. The van der Waals surface area contributed by atoms with Crippen molar-refractivity contribution in [3.05, 3.63) is 123 Å². The minimum absolute atomic E-state index is 0.0378. The Labute approximate surface area is 213 Å². The third-order valence-electron chi connectivity index (χ3n) is 6.02. The van der Waals surface area contributed by atoms with Crippen LogP contribution in [0.3, 0.4) is 0 Å². The van der Waals surface area contributed by atoms with E-state index in [-0.39, 0.29) is 5.57 Å². The van der Waals surface area contributed by atoms with Crippen molar-refractivity contribution in [1.82, 2.24) is 4.98 Å². The number of aryl methyl sites for hydroxylation is 2. The summed E-state index contributed by atoms with van der Waals surface area (Å²) in [6.45, 7) is 3.96. The van der Waals surface area contributed by atoms with Gasteiger partial charge in [-0.1, -0.05) is 60.7 Å². The van der Waals surface area contributed by atoms with Gasteiger partial charge in [-0.15, -0.1) is 11.3 Å². The number of para-hydroxylation sites is 1. The molecule has 1 N–H and O–H groups in total. The maximum Gasteiger partial charge on any atom is 0.294 e. The number of ketones is 1. The standard InChI is InChI=1S/C29H24N2O4S/c1-18-28(36-19(2)30-18)26(32)24-25(31(29(34)27(24)33)22-13-7-4-8-14-22)21-12-9-15-23(16-21)35-17-20-10-5-3-6-11-20/h3-16,25,33H,17H2,1-2H3. The Kier molecular flexibility index (Phi) is 6.40. The molecule has 2 heterocycles. The van der Waals surface area contributed by atoms with Gasteiger partial charge in [-0.25, -0.2) is 4.98 Å². The molecule has 1 aliphatic rings. The van der Waals surface area contributed by atoms with Crippen molar-refractivity contribution in [1.29, 1.82) is 0 Å². The molecular weight excluding hydrogens is 472 g/mol. The van der Waals surface area contributed by atoms with E-state index in [4.69, 9.17) is 4.74 Å². The third-order valence-corrected chi connectivity index (χ3v) is 7.09. The molecule has 5 rings (SSSR count). The van der Waals surface area contributed by atoms with Crippen molar-refractivity contribution >= 4 is 28.7 Å². The fourth-order valence-corrected chi connectivity index (χ4v) is 5.26. The molecule has 1 atom stereocenters. The van der Waals surface area contributed by atoms with Gasteiger partial charge in [-0.3, -0.25) is 14.5 Å². The molecule has 7 heteroatoms. The van der Waals surface area contributed by atoms with Crippen molar-refractivity contribution in [2.24, 2.45) is 0 Å². The third kappa shape index (κ3) is 4.41. The SMILES string of the molecule is Cc1nc(C)c(C(=O)C2=C(O)C(=O)N(c3ccccc3)C2c2cccc(OCc3ccccc3)c2)s1. The van der Waals surface area contributed by atoms with Gasteiger partial charge in [0, 0.05) is 5.69 Å². The molecule has 0 spiro atoms. The van der Waals surface area contributed by atoms with Gasteiger partial charge in [0.25, 0.3) is 5.91 Å². The van der Waals surface area contributed by atoms with Crippen molar-refractivity contribution in [3.63, 3.8) is 0 Å². The Morgan fingerprint density at radius 2 is 1.69 bits per heavy atom. The molecule has 3 aromatic carbocycles. The zero-order valence-electron chi connectivity index (χ0n) is 19.8. The lowest BCUT2D eigenvalue weighted by Crippen LogP contribution is -2.31. The lowest BCUT2D eigenvalue weighted by Gasteiger charge is -2.27. The average Bonchev–Trinajstić information content (AvgIpc) is 3.38. The fourth-order valence-electron chi connectivity index (χ4n) is 4.39. The van der Waals surface area contributed by atoms with Crippen LogP contribution in [0.1, 0.15) is 37.5 Å². The summed E-state index contributed by atoms with van der Waals surface area (Å²) >= 11 is 1.26. The van der Waals surface area contributed by atoms with Crippen LogP contribution in [0.25, 0.3) is 0 Å². The van der Waals surface area contributed by atoms with Gasteiger partial charge in [-0.2, -0.15) is 0 Å². The Balaban J connectivity index is 1.57. The summed E-state index contributed by atoms with van der Waals surface area (Å²) in [6, 6.07) is 25.3. The second-order valence-electron chi connectivity index (χ2n) is 8.50. The number of carbonyl (C=O) groups excluding carboxylic acids is 2. The largest absolute Gasteiger partial charge is 0.503 e. The second kappa shape index (κ2) is 9.79. The highest BCUT2D eigenvalue weighted by atomic mass is 32.1. The van der Waals surface area contributed by atoms with Crippen LogP contribution in [-0.2, 0) is 11.4 Å². The molecule has 1 aliphatic heterocycles. The number of nitrogens with zero attached hydrogens (tertiary/aromatic N) is 2.